The van der Waals surface area contributed by atoms with Gasteiger partial charge in [-0.25, -0.2) is 0 Å². The van der Waals surface area contributed by atoms with Gasteiger partial charge in [-0.1, -0.05) is 31.9 Å². The first-order valence-electron chi connectivity index (χ1n) is 3.55. The van der Waals surface area contributed by atoms with Crippen molar-refractivity contribution in [3.05, 3.63) is 33.7 Å². The Bertz CT molecular complexity index is 244. The third-order valence-electron chi connectivity index (χ3n) is 0.738. The van der Waals surface area contributed by atoms with E-state index in [9.17, 15) is 4.79 Å². The summed E-state index contributed by atoms with van der Waals surface area (Å²) in [5.41, 5.74) is -0.0752. The Morgan fingerprint density at radius 2 is 2.09 bits per heavy atom. The van der Waals surface area contributed by atoms with Crippen molar-refractivity contribution in [1.82, 2.24) is 4.98 Å². The Kier molecular flexibility index (Phi) is 5.57. The number of aromatic amines is 1. The van der Waals surface area contributed by atoms with Gasteiger partial charge in [-0.15, -0.1) is 0 Å². The lowest BCUT2D eigenvalue weighted by molar-refractivity contribution is 1.09. The normalized spacial score (nSPS) is 8.27. The smallest absolute Gasteiger partial charge is 0.183 e. The second kappa shape index (κ2) is 5.98. The SMILES string of the molecule is CCC.O=c1cc[nH]c(Cl)c1. The van der Waals surface area contributed by atoms with Crippen LogP contribution in [0.3, 0.4) is 0 Å². The summed E-state index contributed by atoms with van der Waals surface area (Å²) in [5.74, 6) is 0. The molecule has 0 bridgehead atoms. The molecule has 0 radical (unpaired) electrons. The second-order valence-electron chi connectivity index (χ2n) is 2.08. The molecule has 0 atom stereocenters. The largest absolute Gasteiger partial charge is 0.352 e. The van der Waals surface area contributed by atoms with Crippen LogP contribution < -0.4 is 5.43 Å². The fraction of sp³-hybridized carbons (Fsp3) is 0.375. The molecule has 0 spiro atoms. The second-order valence-corrected chi connectivity index (χ2v) is 2.49. The topological polar surface area (TPSA) is 32.9 Å². The molecule has 11 heavy (non-hydrogen) atoms. The summed E-state index contributed by atoms with van der Waals surface area (Å²) in [6.45, 7) is 4.25. The van der Waals surface area contributed by atoms with Crippen LogP contribution in [0.2, 0.25) is 5.15 Å². The highest BCUT2D eigenvalue weighted by Gasteiger charge is 1.82. The molecule has 0 saturated carbocycles. The minimum atomic E-state index is -0.0752. The first-order chi connectivity index (χ1) is 5.20. The highest BCUT2D eigenvalue weighted by Crippen LogP contribution is 1.94. The maximum atomic E-state index is 10.4. The van der Waals surface area contributed by atoms with Crippen molar-refractivity contribution in [1.29, 1.82) is 0 Å². The van der Waals surface area contributed by atoms with Gasteiger partial charge in [-0.3, -0.25) is 4.79 Å². The maximum Gasteiger partial charge on any atom is 0.183 e. The van der Waals surface area contributed by atoms with Crippen molar-refractivity contribution < 1.29 is 0 Å². The van der Waals surface area contributed by atoms with Crippen LogP contribution in [0.1, 0.15) is 20.3 Å². The fourth-order valence-corrected chi connectivity index (χ4v) is 0.589. The van der Waals surface area contributed by atoms with Crippen LogP contribution in [0, 0.1) is 0 Å². The van der Waals surface area contributed by atoms with Crippen molar-refractivity contribution in [2.45, 2.75) is 20.3 Å². The number of pyridine rings is 1. The minimum Gasteiger partial charge on any atom is -0.352 e. The predicted molar refractivity (Wildman–Crippen MR) is 48.0 cm³/mol. The molecule has 1 heterocycles. The van der Waals surface area contributed by atoms with E-state index < -0.39 is 0 Å². The number of hydrogen-bond acceptors (Lipinski definition) is 1. The first-order valence-corrected chi connectivity index (χ1v) is 3.92. The quantitative estimate of drug-likeness (QED) is 0.601. The van der Waals surface area contributed by atoms with E-state index in [0.29, 0.717) is 5.15 Å². The van der Waals surface area contributed by atoms with E-state index in [2.05, 4.69) is 18.8 Å². The van der Waals surface area contributed by atoms with Crippen LogP contribution in [-0.2, 0) is 0 Å². The van der Waals surface area contributed by atoms with E-state index in [1.165, 1.54) is 24.8 Å². The average molecular weight is 174 g/mol. The Labute approximate surface area is 71.2 Å². The molecule has 0 amide bonds. The summed E-state index contributed by atoms with van der Waals surface area (Å²) in [6.07, 6.45) is 2.75. The molecule has 62 valence electrons. The van der Waals surface area contributed by atoms with Crippen LogP contribution >= 0.6 is 11.6 Å². The standard InChI is InChI=1S/C5H4ClNO.C3H8/c6-5-3-4(8)1-2-7-5;1-3-2/h1-3H,(H,7,8);3H2,1-2H3. The molecule has 0 aliphatic heterocycles. The van der Waals surface area contributed by atoms with E-state index in [1.807, 2.05) is 0 Å². The number of rotatable bonds is 0. The van der Waals surface area contributed by atoms with Crippen molar-refractivity contribution in [2.75, 3.05) is 0 Å². The summed E-state index contributed by atoms with van der Waals surface area (Å²) >= 11 is 5.39. The van der Waals surface area contributed by atoms with Crippen LogP contribution in [0.5, 0.6) is 0 Å². The predicted octanol–water partition coefficient (Wildman–Crippen LogP) is 2.44. The summed E-state index contributed by atoms with van der Waals surface area (Å²) in [6, 6.07) is 2.73. The van der Waals surface area contributed by atoms with Crippen molar-refractivity contribution in [3.63, 3.8) is 0 Å². The van der Waals surface area contributed by atoms with E-state index in [-0.39, 0.29) is 5.43 Å². The summed E-state index contributed by atoms with van der Waals surface area (Å²) in [4.78, 5) is 13.0. The molecule has 0 saturated heterocycles. The fourth-order valence-electron chi connectivity index (χ4n) is 0.418. The van der Waals surface area contributed by atoms with Gasteiger partial charge in [0.1, 0.15) is 5.15 Å². The lowest BCUT2D eigenvalue weighted by atomic mass is 10.5. The number of halogens is 1. The number of H-pyrrole nitrogens is 1. The van der Waals surface area contributed by atoms with Gasteiger partial charge in [0.15, 0.2) is 5.43 Å². The molecule has 0 aliphatic rings. The van der Waals surface area contributed by atoms with Crippen LogP contribution in [0.25, 0.3) is 0 Å². The molecule has 0 aliphatic carbocycles. The number of hydrogen-bond donors (Lipinski definition) is 1. The van der Waals surface area contributed by atoms with Crippen molar-refractivity contribution >= 4 is 11.6 Å². The lowest BCUT2D eigenvalue weighted by Gasteiger charge is -1.82. The van der Waals surface area contributed by atoms with Crippen LogP contribution in [0.4, 0.5) is 0 Å². The number of aromatic nitrogens is 1. The first kappa shape index (κ1) is 10.2. The summed E-state index contributed by atoms with van der Waals surface area (Å²) in [5, 5.41) is 0.373. The summed E-state index contributed by atoms with van der Waals surface area (Å²) in [7, 11) is 0. The highest BCUT2D eigenvalue weighted by atomic mass is 35.5. The van der Waals surface area contributed by atoms with E-state index in [0.717, 1.165) is 0 Å². The molecule has 0 unspecified atom stereocenters. The molecule has 0 fully saturated rings. The van der Waals surface area contributed by atoms with Crippen LogP contribution in [-0.4, -0.2) is 4.98 Å². The zero-order valence-corrected chi connectivity index (χ0v) is 7.48. The van der Waals surface area contributed by atoms with Gasteiger partial charge in [0, 0.05) is 18.3 Å². The lowest BCUT2D eigenvalue weighted by Crippen LogP contribution is -1.94. The van der Waals surface area contributed by atoms with Crippen molar-refractivity contribution in [2.24, 2.45) is 0 Å². The molecular weight excluding hydrogens is 162 g/mol. The molecular formula is C8H12ClNO. The minimum absolute atomic E-state index is 0.0752. The molecule has 1 N–H and O–H groups in total. The van der Waals surface area contributed by atoms with Gasteiger partial charge < -0.3 is 4.98 Å². The molecule has 1 aromatic heterocycles. The van der Waals surface area contributed by atoms with Gasteiger partial charge in [0.2, 0.25) is 0 Å². The van der Waals surface area contributed by atoms with Gasteiger partial charge in [-0.2, -0.15) is 0 Å². The van der Waals surface area contributed by atoms with Crippen LogP contribution in [0.15, 0.2) is 23.1 Å². The third-order valence-corrected chi connectivity index (χ3v) is 0.956. The highest BCUT2D eigenvalue weighted by molar-refractivity contribution is 6.29. The number of nitrogens with one attached hydrogen (secondary N) is 1. The zero-order valence-electron chi connectivity index (χ0n) is 6.73. The third kappa shape index (κ3) is 5.67. The Balaban J connectivity index is 0.000000292. The molecule has 3 heteroatoms. The Morgan fingerprint density at radius 1 is 1.55 bits per heavy atom. The van der Waals surface area contributed by atoms with E-state index in [4.69, 9.17) is 11.6 Å². The molecule has 1 aromatic rings. The zero-order chi connectivity index (χ0) is 8.69. The Morgan fingerprint density at radius 3 is 2.36 bits per heavy atom. The summed E-state index contributed by atoms with van der Waals surface area (Å²) < 4.78 is 0. The average Bonchev–Trinajstić information content (AvgIpc) is 1.88. The maximum absolute atomic E-state index is 10.4. The van der Waals surface area contributed by atoms with E-state index in [1.54, 1.807) is 0 Å². The van der Waals surface area contributed by atoms with Gasteiger partial charge in [0.05, 0.1) is 0 Å². The Hall–Kier alpha value is -0.760. The van der Waals surface area contributed by atoms with Gasteiger partial charge in [0.25, 0.3) is 0 Å². The molecule has 0 aromatic carbocycles. The monoisotopic (exact) mass is 173 g/mol. The molecule has 2 nitrogen and oxygen atoms in total. The molecule has 1 rings (SSSR count). The van der Waals surface area contributed by atoms with Gasteiger partial charge >= 0.3 is 0 Å². The van der Waals surface area contributed by atoms with Crippen molar-refractivity contribution in [3.8, 4) is 0 Å². The van der Waals surface area contributed by atoms with Gasteiger partial charge in [-0.05, 0) is 0 Å². The van der Waals surface area contributed by atoms with E-state index >= 15 is 0 Å².